The van der Waals surface area contributed by atoms with Crippen molar-refractivity contribution < 1.29 is 0 Å². The quantitative estimate of drug-likeness (QED) is 0.779. The van der Waals surface area contributed by atoms with Crippen molar-refractivity contribution in [1.82, 2.24) is 5.32 Å². The normalized spacial score (nSPS) is 17.6. The third-order valence-electron chi connectivity index (χ3n) is 3.67. The number of hydrogen-bond acceptors (Lipinski definition) is 1. The van der Waals surface area contributed by atoms with Gasteiger partial charge >= 0.3 is 0 Å². The van der Waals surface area contributed by atoms with Gasteiger partial charge in [-0.2, -0.15) is 0 Å². The van der Waals surface area contributed by atoms with E-state index in [9.17, 15) is 0 Å². The van der Waals surface area contributed by atoms with Crippen molar-refractivity contribution in [3.8, 4) is 0 Å². The number of nitrogens with one attached hydrogen (secondary N) is 1. The summed E-state index contributed by atoms with van der Waals surface area (Å²) in [6.07, 6.45) is 1.19. The van der Waals surface area contributed by atoms with E-state index in [-0.39, 0.29) is 0 Å². The third-order valence-corrected chi connectivity index (χ3v) is 3.67. The first-order valence-corrected chi connectivity index (χ1v) is 6.01. The Morgan fingerprint density at radius 3 is 2.73 bits per heavy atom. The molecular formula is C14H21N. The van der Waals surface area contributed by atoms with Gasteiger partial charge in [0.25, 0.3) is 0 Å². The van der Waals surface area contributed by atoms with Gasteiger partial charge in [-0.25, -0.2) is 0 Å². The molecule has 0 saturated heterocycles. The van der Waals surface area contributed by atoms with Crippen LogP contribution >= 0.6 is 0 Å². The van der Waals surface area contributed by atoms with Crippen molar-refractivity contribution in [2.45, 2.75) is 39.7 Å². The van der Waals surface area contributed by atoms with E-state index < -0.39 is 0 Å². The minimum atomic E-state index is 0.667. The average Bonchev–Trinajstić information content (AvgIpc) is 2.27. The van der Waals surface area contributed by atoms with E-state index in [0.717, 1.165) is 19.0 Å². The van der Waals surface area contributed by atoms with E-state index in [0.29, 0.717) is 5.92 Å². The Balaban J connectivity index is 2.39. The zero-order valence-electron chi connectivity index (χ0n) is 10.0. The molecule has 0 aromatic heterocycles. The maximum Gasteiger partial charge on any atom is 0.0211 e. The molecule has 1 aliphatic heterocycles. The molecule has 0 bridgehead atoms. The molecule has 1 aromatic carbocycles. The fourth-order valence-electron chi connectivity index (χ4n) is 2.33. The van der Waals surface area contributed by atoms with Gasteiger partial charge in [0.15, 0.2) is 0 Å². The molecule has 0 radical (unpaired) electrons. The first-order valence-electron chi connectivity index (χ1n) is 6.01. The van der Waals surface area contributed by atoms with E-state index in [1.807, 2.05) is 0 Å². The van der Waals surface area contributed by atoms with Crippen molar-refractivity contribution in [3.05, 3.63) is 34.9 Å². The van der Waals surface area contributed by atoms with Crippen LogP contribution in [0.3, 0.4) is 0 Å². The van der Waals surface area contributed by atoms with Gasteiger partial charge in [0, 0.05) is 6.54 Å². The zero-order valence-corrected chi connectivity index (χ0v) is 10.0. The highest BCUT2D eigenvalue weighted by Crippen LogP contribution is 2.29. The summed E-state index contributed by atoms with van der Waals surface area (Å²) < 4.78 is 0. The molecule has 1 aromatic rings. The fourth-order valence-corrected chi connectivity index (χ4v) is 2.33. The van der Waals surface area contributed by atoms with Crippen molar-refractivity contribution in [3.63, 3.8) is 0 Å². The molecule has 1 nitrogen and oxygen atoms in total. The summed E-state index contributed by atoms with van der Waals surface area (Å²) in [6, 6.07) is 6.81. The summed E-state index contributed by atoms with van der Waals surface area (Å²) >= 11 is 0. The molecule has 1 heteroatoms. The molecule has 0 unspecified atom stereocenters. The van der Waals surface area contributed by atoms with Gasteiger partial charge < -0.3 is 5.32 Å². The Labute approximate surface area is 92.9 Å². The Hall–Kier alpha value is -0.820. The van der Waals surface area contributed by atoms with Gasteiger partial charge in [0.2, 0.25) is 0 Å². The molecule has 2 rings (SSSR count). The Bertz CT molecular complexity index is 341. The predicted molar refractivity (Wildman–Crippen MR) is 65.1 cm³/mol. The lowest BCUT2D eigenvalue weighted by Crippen LogP contribution is -2.25. The highest BCUT2D eigenvalue weighted by molar-refractivity contribution is 5.39. The topological polar surface area (TPSA) is 12.0 Å². The van der Waals surface area contributed by atoms with E-state index in [4.69, 9.17) is 0 Å². The van der Waals surface area contributed by atoms with Gasteiger partial charge in [-0.1, -0.05) is 39.0 Å². The van der Waals surface area contributed by atoms with Gasteiger partial charge in [-0.3, -0.25) is 0 Å². The van der Waals surface area contributed by atoms with Gasteiger partial charge in [0.1, 0.15) is 0 Å². The Morgan fingerprint density at radius 1 is 1.20 bits per heavy atom. The largest absolute Gasteiger partial charge is 0.312 e. The van der Waals surface area contributed by atoms with Crippen LogP contribution in [-0.2, 0) is 13.0 Å². The van der Waals surface area contributed by atoms with Crippen molar-refractivity contribution >= 4 is 0 Å². The lowest BCUT2D eigenvalue weighted by atomic mass is 9.84. The third kappa shape index (κ3) is 2.07. The van der Waals surface area contributed by atoms with Crippen molar-refractivity contribution in [2.24, 2.45) is 5.92 Å². The Kier molecular flexibility index (Phi) is 3.11. The van der Waals surface area contributed by atoms with Crippen LogP contribution in [0.1, 0.15) is 43.4 Å². The molecule has 1 aliphatic rings. The van der Waals surface area contributed by atoms with Gasteiger partial charge in [-0.05, 0) is 41.5 Å². The standard InChI is InChI=1S/C14H21N/c1-10(2)11(3)13-6-4-5-12-7-8-15-9-14(12)13/h4-6,10-11,15H,7-9H2,1-3H3/t11-/m0/s1. The molecule has 1 atom stereocenters. The molecule has 1 heterocycles. The predicted octanol–water partition coefficient (Wildman–Crippen LogP) is 3.09. The van der Waals surface area contributed by atoms with Crippen LogP contribution in [0.15, 0.2) is 18.2 Å². The lowest BCUT2D eigenvalue weighted by Gasteiger charge is -2.25. The molecule has 0 spiro atoms. The second kappa shape index (κ2) is 4.36. The van der Waals surface area contributed by atoms with Crippen molar-refractivity contribution in [1.29, 1.82) is 0 Å². The minimum absolute atomic E-state index is 0.667. The average molecular weight is 203 g/mol. The minimum Gasteiger partial charge on any atom is -0.312 e. The molecule has 82 valence electrons. The molecule has 0 aliphatic carbocycles. The lowest BCUT2D eigenvalue weighted by molar-refractivity contribution is 0.523. The van der Waals surface area contributed by atoms with Crippen LogP contribution in [0.25, 0.3) is 0 Å². The zero-order chi connectivity index (χ0) is 10.8. The second-order valence-electron chi connectivity index (χ2n) is 4.94. The SMILES string of the molecule is CC(C)[C@H](C)c1cccc2c1CNCC2. The van der Waals surface area contributed by atoms with E-state index in [2.05, 4.69) is 44.3 Å². The van der Waals surface area contributed by atoms with Crippen LogP contribution in [0.4, 0.5) is 0 Å². The smallest absolute Gasteiger partial charge is 0.0211 e. The van der Waals surface area contributed by atoms with Gasteiger partial charge in [0.05, 0.1) is 0 Å². The van der Waals surface area contributed by atoms with Crippen LogP contribution in [0, 0.1) is 5.92 Å². The van der Waals surface area contributed by atoms with E-state index >= 15 is 0 Å². The first kappa shape index (κ1) is 10.7. The summed E-state index contributed by atoms with van der Waals surface area (Å²) in [5, 5.41) is 3.48. The second-order valence-corrected chi connectivity index (χ2v) is 4.94. The summed E-state index contributed by atoms with van der Waals surface area (Å²) in [5.41, 5.74) is 4.67. The maximum absolute atomic E-state index is 3.48. The maximum atomic E-state index is 3.48. The Morgan fingerprint density at radius 2 is 2.00 bits per heavy atom. The number of benzene rings is 1. The first-order chi connectivity index (χ1) is 7.20. The molecule has 1 N–H and O–H groups in total. The van der Waals surface area contributed by atoms with E-state index in [1.54, 1.807) is 16.7 Å². The summed E-state index contributed by atoms with van der Waals surface area (Å²) in [6.45, 7) is 9.14. The fraction of sp³-hybridized carbons (Fsp3) is 0.571. The van der Waals surface area contributed by atoms with Crippen LogP contribution < -0.4 is 5.32 Å². The summed E-state index contributed by atoms with van der Waals surface area (Å²) in [4.78, 5) is 0. The molecule has 0 amide bonds. The monoisotopic (exact) mass is 203 g/mol. The van der Waals surface area contributed by atoms with Gasteiger partial charge in [-0.15, -0.1) is 0 Å². The van der Waals surface area contributed by atoms with Crippen LogP contribution in [0.2, 0.25) is 0 Å². The molecule has 0 fully saturated rings. The molecule has 15 heavy (non-hydrogen) atoms. The number of hydrogen-bond donors (Lipinski definition) is 1. The highest BCUT2D eigenvalue weighted by atomic mass is 14.9. The van der Waals surface area contributed by atoms with E-state index in [1.165, 1.54) is 6.42 Å². The number of rotatable bonds is 2. The highest BCUT2D eigenvalue weighted by Gasteiger charge is 2.17. The molecule has 0 saturated carbocycles. The summed E-state index contributed by atoms with van der Waals surface area (Å²) in [7, 11) is 0. The number of fused-ring (bicyclic) bond motifs is 1. The summed E-state index contributed by atoms with van der Waals surface area (Å²) in [5.74, 6) is 1.39. The van der Waals surface area contributed by atoms with Crippen LogP contribution in [0.5, 0.6) is 0 Å². The van der Waals surface area contributed by atoms with Crippen molar-refractivity contribution in [2.75, 3.05) is 6.54 Å². The van der Waals surface area contributed by atoms with Crippen LogP contribution in [-0.4, -0.2) is 6.54 Å². The molecular weight excluding hydrogens is 182 g/mol.